The van der Waals surface area contributed by atoms with Crippen molar-refractivity contribution in [1.82, 2.24) is 0 Å². The van der Waals surface area contributed by atoms with E-state index in [0.29, 0.717) is 5.47 Å². The van der Waals surface area contributed by atoms with Gasteiger partial charge >= 0.3 is 7.12 Å². The standard InChI is InChI=1S/C6H8BFO2/c8-6-3-1-2-5(4-6)7(9)10/h1-3,6,9-10H,4H2. The van der Waals surface area contributed by atoms with Gasteiger partial charge in [-0.25, -0.2) is 4.39 Å². The van der Waals surface area contributed by atoms with E-state index in [-0.39, 0.29) is 6.42 Å². The summed E-state index contributed by atoms with van der Waals surface area (Å²) in [6.07, 6.45) is 3.41. The van der Waals surface area contributed by atoms with Gasteiger partial charge in [-0.3, -0.25) is 0 Å². The molecule has 10 heavy (non-hydrogen) atoms. The van der Waals surface area contributed by atoms with E-state index in [4.69, 9.17) is 10.0 Å². The molecule has 0 aromatic carbocycles. The molecule has 1 rings (SSSR count). The van der Waals surface area contributed by atoms with Crippen molar-refractivity contribution < 1.29 is 14.4 Å². The second-order valence-electron chi connectivity index (χ2n) is 2.22. The van der Waals surface area contributed by atoms with Gasteiger partial charge in [-0.1, -0.05) is 18.2 Å². The van der Waals surface area contributed by atoms with Crippen molar-refractivity contribution in [3.8, 4) is 0 Å². The molecule has 0 bridgehead atoms. The first kappa shape index (κ1) is 7.50. The van der Waals surface area contributed by atoms with Gasteiger partial charge in [-0.15, -0.1) is 0 Å². The van der Waals surface area contributed by atoms with E-state index in [1.165, 1.54) is 18.2 Å². The summed E-state index contributed by atoms with van der Waals surface area (Å²) in [5.41, 5.74) is 0.329. The molecule has 0 aromatic heterocycles. The van der Waals surface area contributed by atoms with E-state index in [2.05, 4.69) is 0 Å². The molecule has 1 aliphatic rings. The summed E-state index contributed by atoms with van der Waals surface area (Å²) in [5.74, 6) is 0. The minimum Gasteiger partial charge on any atom is -0.423 e. The highest BCUT2D eigenvalue weighted by Gasteiger charge is 2.19. The first-order valence-corrected chi connectivity index (χ1v) is 3.07. The number of alkyl halides is 1. The first-order chi connectivity index (χ1) is 4.70. The van der Waals surface area contributed by atoms with E-state index < -0.39 is 13.3 Å². The zero-order chi connectivity index (χ0) is 7.56. The molecule has 2 nitrogen and oxygen atoms in total. The molecule has 0 radical (unpaired) electrons. The normalized spacial score (nSPS) is 24.3. The number of allylic oxidation sites excluding steroid dienone is 4. The van der Waals surface area contributed by atoms with Gasteiger partial charge in [0, 0.05) is 6.42 Å². The van der Waals surface area contributed by atoms with Gasteiger partial charge in [0.25, 0.3) is 0 Å². The number of hydrogen-bond acceptors (Lipinski definition) is 2. The summed E-state index contributed by atoms with van der Waals surface area (Å²) in [4.78, 5) is 0. The molecule has 0 spiro atoms. The van der Waals surface area contributed by atoms with Gasteiger partial charge in [-0.2, -0.15) is 0 Å². The maximum atomic E-state index is 12.4. The summed E-state index contributed by atoms with van der Waals surface area (Å²) >= 11 is 0. The van der Waals surface area contributed by atoms with Gasteiger partial charge in [-0.05, 0) is 5.47 Å². The highest BCUT2D eigenvalue weighted by Crippen LogP contribution is 2.15. The van der Waals surface area contributed by atoms with Crippen LogP contribution in [0, 0.1) is 0 Å². The maximum absolute atomic E-state index is 12.4. The minimum absolute atomic E-state index is 0.0914. The Morgan fingerprint density at radius 1 is 1.60 bits per heavy atom. The zero-order valence-electron chi connectivity index (χ0n) is 5.37. The number of halogens is 1. The van der Waals surface area contributed by atoms with Gasteiger partial charge < -0.3 is 10.0 Å². The molecule has 0 aromatic rings. The van der Waals surface area contributed by atoms with Crippen LogP contribution in [0.25, 0.3) is 0 Å². The highest BCUT2D eigenvalue weighted by molar-refractivity contribution is 6.50. The topological polar surface area (TPSA) is 40.5 Å². The van der Waals surface area contributed by atoms with Crippen LogP contribution in [0.3, 0.4) is 0 Å². The zero-order valence-corrected chi connectivity index (χ0v) is 5.37. The Hall–Kier alpha value is -0.605. The van der Waals surface area contributed by atoms with Crippen LogP contribution in [0.4, 0.5) is 4.39 Å². The van der Waals surface area contributed by atoms with E-state index in [0.717, 1.165) is 0 Å². The average Bonchev–Trinajstić information content (AvgIpc) is 1.88. The molecular formula is C6H8BFO2. The second kappa shape index (κ2) is 2.99. The van der Waals surface area contributed by atoms with Crippen molar-refractivity contribution in [2.75, 3.05) is 0 Å². The minimum atomic E-state index is -1.51. The lowest BCUT2D eigenvalue weighted by molar-refractivity contribution is 0.378. The molecule has 54 valence electrons. The highest BCUT2D eigenvalue weighted by atomic mass is 19.1. The van der Waals surface area contributed by atoms with Gasteiger partial charge in [0.15, 0.2) is 0 Å². The smallest absolute Gasteiger partial charge is 0.423 e. The van der Waals surface area contributed by atoms with Crippen LogP contribution >= 0.6 is 0 Å². The van der Waals surface area contributed by atoms with Crippen LogP contribution in [0.15, 0.2) is 23.7 Å². The van der Waals surface area contributed by atoms with Crippen molar-refractivity contribution in [3.05, 3.63) is 23.7 Å². The second-order valence-corrected chi connectivity index (χ2v) is 2.22. The van der Waals surface area contributed by atoms with E-state index in [9.17, 15) is 4.39 Å². The first-order valence-electron chi connectivity index (χ1n) is 3.07. The lowest BCUT2D eigenvalue weighted by atomic mass is 9.75. The molecule has 0 saturated carbocycles. The summed E-state index contributed by atoms with van der Waals surface area (Å²) in [6.45, 7) is 0. The average molecular weight is 142 g/mol. The van der Waals surface area contributed by atoms with Gasteiger partial charge in [0.2, 0.25) is 0 Å². The van der Waals surface area contributed by atoms with E-state index >= 15 is 0 Å². The van der Waals surface area contributed by atoms with Crippen LogP contribution in [0.2, 0.25) is 0 Å². The summed E-state index contributed by atoms with van der Waals surface area (Å²) < 4.78 is 12.4. The van der Waals surface area contributed by atoms with Crippen LogP contribution in [-0.2, 0) is 0 Å². The fraction of sp³-hybridized carbons (Fsp3) is 0.333. The molecule has 1 aliphatic carbocycles. The van der Waals surface area contributed by atoms with E-state index in [1.807, 2.05) is 0 Å². The Kier molecular flexibility index (Phi) is 2.24. The molecule has 0 amide bonds. The fourth-order valence-corrected chi connectivity index (χ4v) is 0.852. The predicted octanol–water partition coefficient (Wildman–Crippen LogP) is 0.223. The Morgan fingerprint density at radius 2 is 2.30 bits per heavy atom. The Labute approximate surface area is 58.8 Å². The third kappa shape index (κ3) is 1.69. The Bertz CT molecular complexity index is 177. The van der Waals surface area contributed by atoms with Crippen molar-refractivity contribution in [2.24, 2.45) is 0 Å². The molecule has 0 fully saturated rings. The SMILES string of the molecule is OB(O)C1=CC=CC(F)C1. The third-order valence-corrected chi connectivity index (χ3v) is 1.39. The van der Waals surface area contributed by atoms with Crippen LogP contribution in [0.1, 0.15) is 6.42 Å². The summed E-state index contributed by atoms with van der Waals surface area (Å²) in [6, 6.07) is 0. The van der Waals surface area contributed by atoms with Crippen molar-refractivity contribution in [2.45, 2.75) is 12.6 Å². The predicted molar refractivity (Wildman–Crippen MR) is 36.9 cm³/mol. The lowest BCUT2D eigenvalue weighted by Crippen LogP contribution is -2.19. The third-order valence-electron chi connectivity index (χ3n) is 1.39. The number of hydrogen-bond donors (Lipinski definition) is 2. The molecular weight excluding hydrogens is 134 g/mol. The number of rotatable bonds is 1. The summed E-state index contributed by atoms with van der Waals surface area (Å²) in [5, 5.41) is 17.2. The van der Waals surface area contributed by atoms with Crippen LogP contribution in [-0.4, -0.2) is 23.3 Å². The van der Waals surface area contributed by atoms with Crippen LogP contribution < -0.4 is 0 Å². The van der Waals surface area contributed by atoms with Crippen LogP contribution in [0.5, 0.6) is 0 Å². The molecule has 0 saturated heterocycles. The summed E-state index contributed by atoms with van der Waals surface area (Å²) in [7, 11) is -1.51. The monoisotopic (exact) mass is 142 g/mol. The fourth-order valence-electron chi connectivity index (χ4n) is 0.852. The van der Waals surface area contributed by atoms with E-state index in [1.54, 1.807) is 0 Å². The molecule has 1 atom stereocenters. The van der Waals surface area contributed by atoms with Crippen molar-refractivity contribution in [1.29, 1.82) is 0 Å². The Balaban J connectivity index is 2.61. The lowest BCUT2D eigenvalue weighted by Gasteiger charge is -2.10. The maximum Gasteiger partial charge on any atom is 0.484 e. The quantitative estimate of drug-likeness (QED) is 0.514. The molecule has 2 N–H and O–H groups in total. The molecule has 0 heterocycles. The van der Waals surface area contributed by atoms with Gasteiger partial charge in [0.1, 0.15) is 6.17 Å². The molecule has 0 aliphatic heterocycles. The van der Waals surface area contributed by atoms with Gasteiger partial charge in [0.05, 0.1) is 0 Å². The van der Waals surface area contributed by atoms with Crippen molar-refractivity contribution >= 4 is 7.12 Å². The largest absolute Gasteiger partial charge is 0.484 e. The van der Waals surface area contributed by atoms with Crippen molar-refractivity contribution in [3.63, 3.8) is 0 Å². The Morgan fingerprint density at radius 3 is 2.70 bits per heavy atom. The molecule has 1 unspecified atom stereocenters. The molecule has 4 heteroatoms.